The number of hydrogen-bond acceptors (Lipinski definition) is 6. The van der Waals surface area contributed by atoms with Gasteiger partial charge in [-0.05, 0) is 11.6 Å². The molecule has 1 aliphatic heterocycles. The van der Waals surface area contributed by atoms with Crippen LogP contribution in [0.25, 0.3) is 0 Å². The molecule has 0 spiro atoms. The van der Waals surface area contributed by atoms with Crippen LogP contribution in [0.4, 0.5) is 0 Å². The number of ether oxygens (including phenoxy) is 2. The second-order valence-corrected chi connectivity index (χ2v) is 5.28. The lowest BCUT2D eigenvalue weighted by Gasteiger charge is -2.17. The molecule has 7 nitrogen and oxygen atoms in total. The number of aromatic nitrogens is 3. The maximum Gasteiger partial charge on any atom is 0.278 e. The van der Waals surface area contributed by atoms with Crippen molar-refractivity contribution in [2.45, 2.75) is 18.9 Å². The van der Waals surface area contributed by atoms with Gasteiger partial charge in [0.25, 0.3) is 11.8 Å². The minimum Gasteiger partial charge on any atom is -0.477 e. The molecule has 0 radical (unpaired) electrons. The molecule has 3 rings (SSSR count). The highest BCUT2D eigenvalue weighted by molar-refractivity contribution is 5.79. The van der Waals surface area contributed by atoms with Gasteiger partial charge in [0.2, 0.25) is 5.91 Å². The third-order valence-corrected chi connectivity index (χ3v) is 3.68. The van der Waals surface area contributed by atoms with Gasteiger partial charge in [-0.15, -0.1) is 0 Å². The summed E-state index contributed by atoms with van der Waals surface area (Å²) < 4.78 is 10.9. The fourth-order valence-electron chi connectivity index (χ4n) is 2.53. The van der Waals surface area contributed by atoms with Gasteiger partial charge in [0.15, 0.2) is 0 Å². The zero-order valence-electron chi connectivity index (χ0n) is 12.9. The summed E-state index contributed by atoms with van der Waals surface area (Å²) in [5.41, 5.74) is 0.914. The van der Waals surface area contributed by atoms with Crippen molar-refractivity contribution in [1.82, 2.24) is 19.9 Å². The lowest BCUT2D eigenvalue weighted by atomic mass is 10.2. The first-order valence-corrected chi connectivity index (χ1v) is 7.44. The molecule has 0 bridgehead atoms. The normalized spacial score (nSPS) is 17.1. The average Bonchev–Trinajstić information content (AvgIpc) is 3.05. The van der Waals surface area contributed by atoms with Crippen molar-refractivity contribution in [3.05, 3.63) is 42.5 Å². The summed E-state index contributed by atoms with van der Waals surface area (Å²) in [5.74, 6) is 0.796. The third-order valence-electron chi connectivity index (χ3n) is 3.68. The van der Waals surface area contributed by atoms with Crippen LogP contribution in [-0.2, 0) is 11.2 Å². The predicted octanol–water partition coefficient (Wildman–Crippen LogP) is 1.10. The van der Waals surface area contributed by atoms with Crippen LogP contribution in [0.15, 0.2) is 36.9 Å². The van der Waals surface area contributed by atoms with Crippen molar-refractivity contribution >= 4 is 5.91 Å². The molecule has 1 fully saturated rings. The van der Waals surface area contributed by atoms with Gasteiger partial charge in [-0.25, -0.2) is 9.97 Å². The van der Waals surface area contributed by atoms with Gasteiger partial charge in [0.1, 0.15) is 6.10 Å². The zero-order chi connectivity index (χ0) is 16.1. The van der Waals surface area contributed by atoms with E-state index in [1.807, 2.05) is 12.1 Å². The number of amides is 1. The van der Waals surface area contributed by atoms with E-state index in [4.69, 9.17) is 9.47 Å². The standard InChI is InChI=1S/C16H18N4O3/c1-22-15-16(19-7-6-18-15)23-13-4-8-20(11-13)14(21)9-12-3-2-5-17-10-12/h2-3,5-7,10,13H,4,8-9,11H2,1H3/t13-/m0/s1. The third kappa shape index (κ3) is 3.74. The minimum absolute atomic E-state index is 0.0789. The van der Waals surface area contributed by atoms with Crippen LogP contribution in [0.1, 0.15) is 12.0 Å². The molecule has 7 heteroatoms. The number of methoxy groups -OCH3 is 1. The fourth-order valence-corrected chi connectivity index (χ4v) is 2.53. The van der Waals surface area contributed by atoms with E-state index in [0.717, 1.165) is 12.0 Å². The van der Waals surface area contributed by atoms with E-state index in [1.54, 1.807) is 29.7 Å². The van der Waals surface area contributed by atoms with E-state index in [1.165, 1.54) is 7.11 Å². The van der Waals surface area contributed by atoms with Crippen LogP contribution >= 0.6 is 0 Å². The Morgan fingerprint density at radius 2 is 2.13 bits per heavy atom. The number of carbonyl (C=O) groups excluding carboxylic acids is 1. The summed E-state index contributed by atoms with van der Waals surface area (Å²) in [6.45, 7) is 1.21. The number of pyridine rings is 1. The first-order valence-electron chi connectivity index (χ1n) is 7.44. The summed E-state index contributed by atoms with van der Waals surface area (Å²) in [6.07, 6.45) is 7.53. The Labute approximate surface area is 134 Å². The van der Waals surface area contributed by atoms with E-state index in [0.29, 0.717) is 31.3 Å². The van der Waals surface area contributed by atoms with E-state index in [9.17, 15) is 4.79 Å². The molecule has 23 heavy (non-hydrogen) atoms. The second-order valence-electron chi connectivity index (χ2n) is 5.28. The molecule has 0 unspecified atom stereocenters. The Morgan fingerprint density at radius 1 is 1.30 bits per heavy atom. The predicted molar refractivity (Wildman–Crippen MR) is 82.1 cm³/mol. The molecule has 0 aromatic carbocycles. The van der Waals surface area contributed by atoms with E-state index in [2.05, 4.69) is 15.0 Å². The molecule has 1 aliphatic rings. The van der Waals surface area contributed by atoms with Crippen molar-refractivity contribution in [2.75, 3.05) is 20.2 Å². The first-order chi connectivity index (χ1) is 11.3. The maximum absolute atomic E-state index is 12.3. The highest BCUT2D eigenvalue weighted by atomic mass is 16.5. The van der Waals surface area contributed by atoms with Gasteiger partial charge in [0.05, 0.1) is 20.1 Å². The van der Waals surface area contributed by atoms with Gasteiger partial charge in [-0.1, -0.05) is 6.07 Å². The summed E-state index contributed by atoms with van der Waals surface area (Å²) in [5, 5.41) is 0. The number of rotatable bonds is 5. The Morgan fingerprint density at radius 3 is 2.87 bits per heavy atom. The van der Waals surface area contributed by atoms with Gasteiger partial charge in [-0.3, -0.25) is 9.78 Å². The Hall–Kier alpha value is -2.70. The van der Waals surface area contributed by atoms with Crippen molar-refractivity contribution in [3.8, 4) is 11.8 Å². The molecule has 2 aromatic rings. The van der Waals surface area contributed by atoms with Crippen LogP contribution in [0, 0.1) is 0 Å². The van der Waals surface area contributed by atoms with Gasteiger partial charge in [-0.2, -0.15) is 0 Å². The average molecular weight is 314 g/mol. The van der Waals surface area contributed by atoms with Crippen molar-refractivity contribution in [1.29, 1.82) is 0 Å². The molecule has 1 atom stereocenters. The Bertz CT molecular complexity index is 665. The van der Waals surface area contributed by atoms with E-state index >= 15 is 0 Å². The highest BCUT2D eigenvalue weighted by Gasteiger charge is 2.28. The Balaban J connectivity index is 1.57. The van der Waals surface area contributed by atoms with Crippen molar-refractivity contribution in [2.24, 2.45) is 0 Å². The van der Waals surface area contributed by atoms with E-state index in [-0.39, 0.29) is 12.0 Å². The van der Waals surface area contributed by atoms with Crippen molar-refractivity contribution in [3.63, 3.8) is 0 Å². The number of carbonyl (C=O) groups is 1. The summed E-state index contributed by atoms with van der Waals surface area (Å²) >= 11 is 0. The maximum atomic E-state index is 12.3. The smallest absolute Gasteiger partial charge is 0.278 e. The SMILES string of the molecule is COc1nccnc1O[C@H]1CCN(C(=O)Cc2cccnc2)C1. The minimum atomic E-state index is -0.0987. The molecule has 1 amide bonds. The molecule has 0 saturated carbocycles. The summed E-state index contributed by atoms with van der Waals surface area (Å²) in [4.78, 5) is 26.3. The van der Waals surface area contributed by atoms with Crippen LogP contribution in [0.2, 0.25) is 0 Å². The summed E-state index contributed by atoms with van der Waals surface area (Å²) in [6, 6.07) is 3.73. The van der Waals surface area contributed by atoms with Crippen LogP contribution < -0.4 is 9.47 Å². The molecule has 2 aromatic heterocycles. The second kappa shape index (κ2) is 7.04. The topological polar surface area (TPSA) is 77.4 Å². The molecular weight excluding hydrogens is 296 g/mol. The number of nitrogens with zero attached hydrogens (tertiary/aromatic N) is 4. The molecule has 120 valence electrons. The van der Waals surface area contributed by atoms with Gasteiger partial charge < -0.3 is 14.4 Å². The monoisotopic (exact) mass is 314 g/mol. The lowest BCUT2D eigenvalue weighted by Crippen LogP contribution is -2.32. The molecule has 3 heterocycles. The van der Waals surface area contributed by atoms with Crippen LogP contribution in [-0.4, -0.2) is 52.1 Å². The van der Waals surface area contributed by atoms with Gasteiger partial charge >= 0.3 is 0 Å². The molecule has 0 aliphatic carbocycles. The highest BCUT2D eigenvalue weighted by Crippen LogP contribution is 2.24. The lowest BCUT2D eigenvalue weighted by molar-refractivity contribution is -0.129. The van der Waals surface area contributed by atoms with Crippen LogP contribution in [0.3, 0.4) is 0 Å². The summed E-state index contributed by atoms with van der Waals surface area (Å²) in [7, 11) is 1.52. The quantitative estimate of drug-likeness (QED) is 0.822. The zero-order valence-corrected chi connectivity index (χ0v) is 12.9. The number of hydrogen-bond donors (Lipinski definition) is 0. The van der Waals surface area contributed by atoms with E-state index < -0.39 is 0 Å². The first kappa shape index (κ1) is 15.2. The van der Waals surface area contributed by atoms with Gasteiger partial charge in [0, 0.05) is 37.8 Å². The van der Waals surface area contributed by atoms with Crippen molar-refractivity contribution < 1.29 is 14.3 Å². The molecular formula is C16H18N4O3. The fraction of sp³-hybridized carbons (Fsp3) is 0.375. The molecule has 0 N–H and O–H groups in total. The number of likely N-dealkylation sites (tertiary alicyclic amines) is 1. The molecule has 1 saturated heterocycles. The Kier molecular flexibility index (Phi) is 4.65. The van der Waals surface area contributed by atoms with Crippen LogP contribution in [0.5, 0.6) is 11.8 Å². The largest absolute Gasteiger partial charge is 0.477 e.